The molecule has 1 atom stereocenters. The van der Waals surface area contributed by atoms with Crippen LogP contribution in [0.4, 0.5) is 4.39 Å². The number of nitrogens with one attached hydrogen (secondary N) is 1. The molecule has 2 rings (SSSR count). The molecule has 0 aliphatic heterocycles. The van der Waals surface area contributed by atoms with Gasteiger partial charge in [0.25, 0.3) is 0 Å². The van der Waals surface area contributed by atoms with E-state index in [9.17, 15) is 9.18 Å². The van der Waals surface area contributed by atoms with Crippen molar-refractivity contribution in [1.82, 2.24) is 15.1 Å². The van der Waals surface area contributed by atoms with Gasteiger partial charge < -0.3 is 10.1 Å². The lowest BCUT2D eigenvalue weighted by molar-refractivity contribution is -0.124. The van der Waals surface area contributed by atoms with Gasteiger partial charge in [0.15, 0.2) is 5.75 Å². The molecule has 1 amide bonds. The zero-order valence-corrected chi connectivity index (χ0v) is 12.9. The number of hydrogen-bond donors (Lipinski definition) is 1. The number of carbonyl (C=O) groups excluding carboxylic acids is 1. The van der Waals surface area contributed by atoms with Crippen molar-refractivity contribution >= 4 is 5.91 Å². The summed E-state index contributed by atoms with van der Waals surface area (Å²) in [6, 6.07) is 5.28. The summed E-state index contributed by atoms with van der Waals surface area (Å²) in [7, 11) is 0. The van der Waals surface area contributed by atoms with Crippen molar-refractivity contribution in [3.8, 4) is 11.5 Å². The molecular formula is C16H20FN3O2. The second-order valence-electron chi connectivity index (χ2n) is 5.53. The lowest BCUT2D eigenvalue weighted by Crippen LogP contribution is -2.33. The van der Waals surface area contributed by atoms with E-state index in [1.54, 1.807) is 13.1 Å². The predicted molar refractivity (Wildman–Crippen MR) is 81.3 cm³/mol. The summed E-state index contributed by atoms with van der Waals surface area (Å²) in [5.41, 5.74) is 0. The van der Waals surface area contributed by atoms with Crippen LogP contribution in [0.5, 0.6) is 11.5 Å². The van der Waals surface area contributed by atoms with E-state index >= 15 is 0 Å². The van der Waals surface area contributed by atoms with Crippen LogP contribution < -0.4 is 10.1 Å². The lowest BCUT2D eigenvalue weighted by Gasteiger charge is -2.13. The fourth-order valence-corrected chi connectivity index (χ4v) is 1.80. The molecule has 5 nitrogen and oxygen atoms in total. The summed E-state index contributed by atoms with van der Waals surface area (Å²) in [5, 5.41) is 7.00. The predicted octanol–water partition coefficient (Wildman–Crippen LogP) is 3.15. The van der Waals surface area contributed by atoms with Gasteiger partial charge in [-0.3, -0.25) is 9.48 Å². The molecule has 0 aliphatic rings. The Morgan fingerprint density at radius 2 is 1.95 bits per heavy atom. The minimum atomic E-state index is -0.427. The number of aromatic nitrogens is 2. The highest BCUT2D eigenvalue weighted by atomic mass is 19.1. The highest BCUT2D eigenvalue weighted by Crippen LogP contribution is 2.22. The number of benzene rings is 1. The molecule has 1 heterocycles. The standard InChI is InChI=1S/C16H20FN3O2/c1-11(2)8-18-16(21)12(3)20-10-15(9-19-20)22-14-6-4-13(17)5-7-14/h4-7,9-12H,8H2,1-3H3,(H,18,21). The van der Waals surface area contributed by atoms with Crippen LogP contribution >= 0.6 is 0 Å². The maximum absolute atomic E-state index is 12.8. The van der Waals surface area contributed by atoms with Crippen LogP contribution in [0.25, 0.3) is 0 Å². The largest absolute Gasteiger partial charge is 0.454 e. The van der Waals surface area contributed by atoms with Gasteiger partial charge in [0.1, 0.15) is 17.6 Å². The van der Waals surface area contributed by atoms with Crippen LogP contribution in [0.1, 0.15) is 26.8 Å². The Morgan fingerprint density at radius 3 is 2.59 bits per heavy atom. The maximum atomic E-state index is 12.8. The van der Waals surface area contributed by atoms with Gasteiger partial charge in [0, 0.05) is 6.54 Å². The summed E-state index contributed by atoms with van der Waals surface area (Å²) in [5.74, 6) is 0.989. The summed E-state index contributed by atoms with van der Waals surface area (Å²) < 4.78 is 19.9. The van der Waals surface area contributed by atoms with E-state index < -0.39 is 6.04 Å². The Kier molecular flexibility index (Phi) is 5.14. The zero-order chi connectivity index (χ0) is 16.1. The van der Waals surface area contributed by atoms with Crippen molar-refractivity contribution in [3.63, 3.8) is 0 Å². The zero-order valence-electron chi connectivity index (χ0n) is 12.9. The number of hydrogen-bond acceptors (Lipinski definition) is 3. The first-order valence-corrected chi connectivity index (χ1v) is 7.21. The highest BCUT2D eigenvalue weighted by Gasteiger charge is 2.16. The van der Waals surface area contributed by atoms with E-state index in [2.05, 4.69) is 10.4 Å². The number of nitrogens with zero attached hydrogens (tertiary/aromatic N) is 2. The molecule has 2 aromatic rings. The SMILES string of the molecule is CC(C)CNC(=O)C(C)n1cc(Oc2ccc(F)cc2)cn1. The molecule has 1 N–H and O–H groups in total. The molecule has 0 aliphatic carbocycles. The van der Waals surface area contributed by atoms with Gasteiger partial charge in [0.2, 0.25) is 5.91 Å². The summed E-state index contributed by atoms with van der Waals surface area (Å²) >= 11 is 0. The molecule has 0 saturated carbocycles. The average molecular weight is 305 g/mol. The number of amides is 1. The third-order valence-electron chi connectivity index (χ3n) is 3.09. The topological polar surface area (TPSA) is 56.2 Å². The number of ether oxygens (including phenoxy) is 1. The molecular weight excluding hydrogens is 285 g/mol. The smallest absolute Gasteiger partial charge is 0.244 e. The van der Waals surface area contributed by atoms with Crippen molar-refractivity contribution < 1.29 is 13.9 Å². The van der Waals surface area contributed by atoms with Crippen LogP contribution in [-0.2, 0) is 4.79 Å². The monoisotopic (exact) mass is 305 g/mol. The van der Waals surface area contributed by atoms with Crippen LogP contribution in [0, 0.1) is 11.7 Å². The molecule has 0 saturated heterocycles. The van der Waals surface area contributed by atoms with Crippen molar-refractivity contribution in [2.75, 3.05) is 6.54 Å². The first-order valence-electron chi connectivity index (χ1n) is 7.21. The van der Waals surface area contributed by atoms with E-state index in [0.717, 1.165) is 0 Å². The Bertz CT molecular complexity index is 623. The van der Waals surface area contributed by atoms with E-state index in [1.807, 2.05) is 13.8 Å². The molecule has 0 bridgehead atoms. The molecule has 0 radical (unpaired) electrons. The lowest BCUT2D eigenvalue weighted by atomic mass is 10.2. The second kappa shape index (κ2) is 7.06. The molecule has 1 aromatic carbocycles. The van der Waals surface area contributed by atoms with Crippen molar-refractivity contribution in [1.29, 1.82) is 0 Å². The molecule has 0 spiro atoms. The van der Waals surface area contributed by atoms with Gasteiger partial charge in [-0.25, -0.2) is 4.39 Å². The molecule has 6 heteroatoms. The fraction of sp³-hybridized carbons (Fsp3) is 0.375. The number of halogens is 1. The van der Waals surface area contributed by atoms with E-state index in [0.29, 0.717) is 24.0 Å². The van der Waals surface area contributed by atoms with Gasteiger partial charge in [-0.15, -0.1) is 0 Å². The summed E-state index contributed by atoms with van der Waals surface area (Å²) in [6.45, 7) is 6.47. The van der Waals surface area contributed by atoms with Gasteiger partial charge in [-0.1, -0.05) is 13.8 Å². The molecule has 118 valence electrons. The Labute approximate surface area is 129 Å². The average Bonchev–Trinajstić information content (AvgIpc) is 2.94. The van der Waals surface area contributed by atoms with Crippen molar-refractivity contribution in [2.24, 2.45) is 5.92 Å². The van der Waals surface area contributed by atoms with Gasteiger partial charge in [-0.2, -0.15) is 5.10 Å². The molecule has 22 heavy (non-hydrogen) atoms. The van der Waals surface area contributed by atoms with E-state index in [-0.39, 0.29) is 11.7 Å². The number of rotatable bonds is 6. The third kappa shape index (κ3) is 4.31. The summed E-state index contributed by atoms with van der Waals surface area (Å²) in [4.78, 5) is 12.0. The molecule has 1 unspecified atom stereocenters. The summed E-state index contributed by atoms with van der Waals surface area (Å²) in [6.07, 6.45) is 3.17. The van der Waals surface area contributed by atoms with Gasteiger partial charge >= 0.3 is 0 Å². The first kappa shape index (κ1) is 16.0. The normalized spacial score (nSPS) is 12.2. The quantitative estimate of drug-likeness (QED) is 0.892. The van der Waals surface area contributed by atoms with Gasteiger partial charge in [-0.05, 0) is 37.1 Å². The molecule has 0 fully saturated rings. The maximum Gasteiger partial charge on any atom is 0.244 e. The Balaban J connectivity index is 1.98. The number of carbonyl (C=O) groups is 1. The Hall–Kier alpha value is -2.37. The minimum Gasteiger partial charge on any atom is -0.454 e. The van der Waals surface area contributed by atoms with Crippen molar-refractivity contribution in [2.45, 2.75) is 26.8 Å². The second-order valence-corrected chi connectivity index (χ2v) is 5.53. The first-order chi connectivity index (χ1) is 10.5. The Morgan fingerprint density at radius 1 is 1.27 bits per heavy atom. The van der Waals surface area contributed by atoms with E-state index in [1.165, 1.54) is 35.1 Å². The van der Waals surface area contributed by atoms with Crippen LogP contribution in [0.15, 0.2) is 36.7 Å². The van der Waals surface area contributed by atoms with Crippen LogP contribution in [-0.4, -0.2) is 22.2 Å². The van der Waals surface area contributed by atoms with Crippen LogP contribution in [0.2, 0.25) is 0 Å². The van der Waals surface area contributed by atoms with E-state index in [4.69, 9.17) is 4.74 Å². The minimum absolute atomic E-state index is 0.0925. The highest BCUT2D eigenvalue weighted by molar-refractivity contribution is 5.79. The van der Waals surface area contributed by atoms with Crippen molar-refractivity contribution in [3.05, 3.63) is 42.5 Å². The molecule has 1 aromatic heterocycles. The fourth-order valence-electron chi connectivity index (χ4n) is 1.80. The van der Waals surface area contributed by atoms with Gasteiger partial charge in [0.05, 0.1) is 12.4 Å². The third-order valence-corrected chi connectivity index (χ3v) is 3.09. The van der Waals surface area contributed by atoms with Crippen LogP contribution in [0.3, 0.4) is 0 Å².